The van der Waals surface area contributed by atoms with E-state index in [2.05, 4.69) is 5.32 Å². The first-order valence-electron chi connectivity index (χ1n) is 7.22. The number of hydrogen-bond donors (Lipinski definition) is 1. The van der Waals surface area contributed by atoms with Crippen molar-refractivity contribution in [3.8, 4) is 0 Å². The summed E-state index contributed by atoms with van der Waals surface area (Å²) in [5.74, 6) is -0.362. The molecule has 23 heavy (non-hydrogen) atoms. The molecule has 126 valence electrons. The van der Waals surface area contributed by atoms with E-state index in [9.17, 15) is 22.8 Å². The highest BCUT2D eigenvalue weighted by Gasteiger charge is 2.31. The molecule has 1 aliphatic rings. The molecule has 1 heterocycles. The van der Waals surface area contributed by atoms with E-state index in [1.165, 1.54) is 12.1 Å². The standard InChI is InChI=1S/C15H17F3N2O3/c1-2-11(9-13(21)20-7-8-23-14(20)22)19-12-5-3-10(4-6-12)15(16,17)18/h3-6,11,19H,2,7-9H2,1H3. The van der Waals surface area contributed by atoms with Crippen molar-refractivity contribution in [3.05, 3.63) is 29.8 Å². The molecule has 1 unspecified atom stereocenters. The maximum atomic E-state index is 12.5. The summed E-state index contributed by atoms with van der Waals surface area (Å²) in [6.07, 6.45) is -4.39. The first-order valence-corrected chi connectivity index (χ1v) is 7.22. The second-order valence-electron chi connectivity index (χ2n) is 5.19. The summed E-state index contributed by atoms with van der Waals surface area (Å²) in [6, 6.07) is 4.32. The van der Waals surface area contributed by atoms with Crippen LogP contribution in [-0.4, -0.2) is 36.1 Å². The Labute approximate surface area is 131 Å². The van der Waals surface area contributed by atoms with Crippen molar-refractivity contribution in [2.24, 2.45) is 0 Å². The van der Waals surface area contributed by atoms with Crippen molar-refractivity contribution >= 4 is 17.7 Å². The molecule has 1 aromatic carbocycles. The zero-order valence-electron chi connectivity index (χ0n) is 12.5. The zero-order chi connectivity index (χ0) is 17.0. The molecule has 0 radical (unpaired) electrons. The average Bonchev–Trinajstić information content (AvgIpc) is 2.92. The fourth-order valence-electron chi connectivity index (χ4n) is 2.23. The Morgan fingerprint density at radius 1 is 1.35 bits per heavy atom. The number of ether oxygens (including phenoxy) is 1. The van der Waals surface area contributed by atoms with Gasteiger partial charge in [-0.2, -0.15) is 13.2 Å². The number of rotatable bonds is 5. The fourth-order valence-corrected chi connectivity index (χ4v) is 2.23. The van der Waals surface area contributed by atoms with E-state index in [0.717, 1.165) is 17.0 Å². The Morgan fingerprint density at radius 2 is 2.00 bits per heavy atom. The Bertz CT molecular complexity index is 572. The maximum absolute atomic E-state index is 12.5. The third-order valence-electron chi connectivity index (χ3n) is 3.56. The molecular weight excluding hydrogens is 313 g/mol. The van der Waals surface area contributed by atoms with Crippen LogP contribution in [0.5, 0.6) is 0 Å². The lowest BCUT2D eigenvalue weighted by Crippen LogP contribution is -2.35. The lowest BCUT2D eigenvalue weighted by Gasteiger charge is -2.20. The largest absolute Gasteiger partial charge is 0.447 e. The van der Waals surface area contributed by atoms with Crippen molar-refractivity contribution in [3.63, 3.8) is 0 Å². The van der Waals surface area contributed by atoms with Crippen LogP contribution < -0.4 is 5.32 Å². The molecule has 0 spiro atoms. The van der Waals surface area contributed by atoms with E-state index in [0.29, 0.717) is 12.1 Å². The summed E-state index contributed by atoms with van der Waals surface area (Å²) in [5.41, 5.74) is -0.242. The van der Waals surface area contributed by atoms with Crippen molar-refractivity contribution in [2.75, 3.05) is 18.5 Å². The number of imide groups is 1. The topological polar surface area (TPSA) is 58.6 Å². The Balaban J connectivity index is 1.96. The molecule has 8 heteroatoms. The van der Waals surface area contributed by atoms with Gasteiger partial charge >= 0.3 is 12.3 Å². The Hall–Kier alpha value is -2.25. The number of benzene rings is 1. The number of hydrogen-bond acceptors (Lipinski definition) is 4. The van der Waals surface area contributed by atoms with E-state index in [-0.39, 0.29) is 31.5 Å². The molecule has 1 aromatic rings. The van der Waals surface area contributed by atoms with Crippen LogP contribution in [0.4, 0.5) is 23.7 Å². The highest BCUT2D eigenvalue weighted by atomic mass is 19.4. The number of amides is 2. The monoisotopic (exact) mass is 330 g/mol. The van der Waals surface area contributed by atoms with E-state index in [1.807, 2.05) is 6.92 Å². The zero-order valence-corrected chi connectivity index (χ0v) is 12.5. The molecule has 1 N–H and O–H groups in total. The van der Waals surface area contributed by atoms with Crippen LogP contribution in [0, 0.1) is 0 Å². The number of alkyl halides is 3. The van der Waals surface area contributed by atoms with Gasteiger partial charge in [-0.1, -0.05) is 6.92 Å². The van der Waals surface area contributed by atoms with Gasteiger partial charge in [-0.3, -0.25) is 4.79 Å². The van der Waals surface area contributed by atoms with Crippen LogP contribution in [0.25, 0.3) is 0 Å². The minimum Gasteiger partial charge on any atom is -0.447 e. The van der Waals surface area contributed by atoms with Gasteiger partial charge in [-0.05, 0) is 30.7 Å². The third kappa shape index (κ3) is 4.37. The van der Waals surface area contributed by atoms with E-state index in [4.69, 9.17) is 4.74 Å². The molecule has 1 aliphatic heterocycles. The predicted molar refractivity (Wildman–Crippen MR) is 76.8 cm³/mol. The highest BCUT2D eigenvalue weighted by Crippen LogP contribution is 2.30. The highest BCUT2D eigenvalue weighted by molar-refractivity contribution is 5.93. The molecule has 0 aromatic heterocycles. The van der Waals surface area contributed by atoms with Gasteiger partial charge in [0.15, 0.2) is 0 Å². The van der Waals surface area contributed by atoms with Gasteiger partial charge < -0.3 is 10.1 Å². The summed E-state index contributed by atoms with van der Waals surface area (Å²) < 4.78 is 42.3. The molecule has 0 saturated carbocycles. The van der Waals surface area contributed by atoms with Crippen LogP contribution in [0.1, 0.15) is 25.3 Å². The summed E-state index contributed by atoms with van der Waals surface area (Å²) in [5, 5.41) is 3.01. The number of carbonyl (C=O) groups excluding carboxylic acids is 2. The lowest BCUT2D eigenvalue weighted by atomic mass is 10.1. The molecule has 0 aliphatic carbocycles. The van der Waals surface area contributed by atoms with Crippen LogP contribution in [-0.2, 0) is 15.7 Å². The summed E-state index contributed by atoms with van der Waals surface area (Å²) in [6.45, 7) is 2.26. The molecular formula is C15H17F3N2O3. The fraction of sp³-hybridized carbons (Fsp3) is 0.467. The number of anilines is 1. The number of carbonyl (C=O) groups is 2. The minimum absolute atomic E-state index is 0.0621. The Morgan fingerprint density at radius 3 is 2.48 bits per heavy atom. The van der Waals surface area contributed by atoms with Crippen molar-refractivity contribution in [1.82, 2.24) is 4.90 Å². The molecule has 2 rings (SSSR count). The van der Waals surface area contributed by atoms with E-state index < -0.39 is 17.8 Å². The van der Waals surface area contributed by atoms with Crippen LogP contribution >= 0.6 is 0 Å². The van der Waals surface area contributed by atoms with Crippen LogP contribution in [0.2, 0.25) is 0 Å². The van der Waals surface area contributed by atoms with Crippen molar-refractivity contribution < 1.29 is 27.5 Å². The third-order valence-corrected chi connectivity index (χ3v) is 3.56. The number of cyclic esters (lactones) is 1. The van der Waals surface area contributed by atoms with Crippen LogP contribution in [0.15, 0.2) is 24.3 Å². The van der Waals surface area contributed by atoms with Gasteiger partial charge in [0.25, 0.3) is 0 Å². The SMILES string of the molecule is CCC(CC(=O)N1CCOC1=O)Nc1ccc(C(F)(F)F)cc1. The maximum Gasteiger partial charge on any atom is 0.416 e. The van der Waals surface area contributed by atoms with Gasteiger partial charge in [-0.25, -0.2) is 9.69 Å². The quantitative estimate of drug-likeness (QED) is 0.900. The lowest BCUT2D eigenvalue weighted by molar-refractivity contribution is -0.137. The minimum atomic E-state index is -4.38. The molecule has 1 atom stereocenters. The van der Waals surface area contributed by atoms with E-state index >= 15 is 0 Å². The summed E-state index contributed by atoms with van der Waals surface area (Å²) in [4.78, 5) is 24.4. The van der Waals surface area contributed by atoms with Crippen molar-refractivity contribution in [2.45, 2.75) is 32.0 Å². The number of nitrogens with one attached hydrogen (secondary N) is 1. The van der Waals surface area contributed by atoms with Gasteiger partial charge in [0.05, 0.1) is 12.1 Å². The van der Waals surface area contributed by atoms with Crippen molar-refractivity contribution in [1.29, 1.82) is 0 Å². The second kappa shape index (κ2) is 6.89. The predicted octanol–water partition coefficient (Wildman–Crippen LogP) is 3.26. The second-order valence-corrected chi connectivity index (χ2v) is 5.19. The first kappa shape index (κ1) is 17.1. The van der Waals surface area contributed by atoms with Gasteiger partial charge in [0.2, 0.25) is 5.91 Å². The van der Waals surface area contributed by atoms with Gasteiger partial charge in [0, 0.05) is 18.2 Å². The molecule has 2 amide bonds. The molecule has 0 bridgehead atoms. The number of nitrogens with zero attached hydrogens (tertiary/aromatic N) is 1. The summed E-state index contributed by atoms with van der Waals surface area (Å²) >= 11 is 0. The molecule has 1 fully saturated rings. The van der Waals surface area contributed by atoms with E-state index in [1.54, 1.807) is 0 Å². The smallest absolute Gasteiger partial charge is 0.416 e. The van der Waals surface area contributed by atoms with Gasteiger partial charge in [0.1, 0.15) is 6.61 Å². The number of halogens is 3. The average molecular weight is 330 g/mol. The first-order chi connectivity index (χ1) is 10.8. The van der Waals surface area contributed by atoms with Gasteiger partial charge in [-0.15, -0.1) is 0 Å². The Kier molecular flexibility index (Phi) is 5.12. The summed E-state index contributed by atoms with van der Waals surface area (Å²) in [7, 11) is 0. The molecule has 5 nitrogen and oxygen atoms in total. The normalized spacial score (nSPS) is 16.2. The van der Waals surface area contributed by atoms with Crippen LogP contribution in [0.3, 0.4) is 0 Å². The molecule has 1 saturated heterocycles.